The molecule has 0 radical (unpaired) electrons. The minimum atomic E-state index is -0.827. The summed E-state index contributed by atoms with van der Waals surface area (Å²) in [5, 5.41) is 14.2. The number of amides is 1. The summed E-state index contributed by atoms with van der Waals surface area (Å²) in [6.45, 7) is 7.23. The zero-order valence-electron chi connectivity index (χ0n) is 34.7. The number of carbonyl (C=O) groups is 1. The Bertz CT molecular complexity index is 3310. The van der Waals surface area contributed by atoms with E-state index in [-0.39, 0.29) is 46.6 Å². The monoisotopic (exact) mass is 874 g/mol. The summed E-state index contributed by atoms with van der Waals surface area (Å²) in [5.41, 5.74) is 2.87. The molecule has 1 saturated carbocycles. The molecule has 7 heterocycles. The highest BCUT2D eigenvalue weighted by Gasteiger charge is 2.52. The number of hydrogen-bond donors (Lipinski definition) is 1. The van der Waals surface area contributed by atoms with E-state index in [0.717, 1.165) is 29.3 Å². The van der Waals surface area contributed by atoms with E-state index in [1.165, 1.54) is 52.0 Å². The number of aromatic nitrogens is 9. The Hall–Kier alpha value is -6.59. The number of hydrogen-bond acceptors (Lipinski definition) is 8. The summed E-state index contributed by atoms with van der Waals surface area (Å²) in [6.07, 6.45) is 7.36. The first-order valence-electron chi connectivity index (χ1n) is 20.9. The third-order valence-corrected chi connectivity index (χ3v) is 13.5. The van der Waals surface area contributed by atoms with Crippen molar-refractivity contribution in [3.8, 4) is 22.6 Å². The smallest absolute Gasteiger partial charge is 0.376 e. The third kappa shape index (κ3) is 6.07. The van der Waals surface area contributed by atoms with Gasteiger partial charge in [-0.25, -0.2) is 18.4 Å². The Balaban J connectivity index is 1.04. The van der Waals surface area contributed by atoms with Crippen molar-refractivity contribution in [1.29, 1.82) is 0 Å². The number of aryl methyl sites for hydroxylation is 1. The van der Waals surface area contributed by atoms with Gasteiger partial charge in [0, 0.05) is 49.1 Å². The predicted octanol–water partition coefficient (Wildman–Crippen LogP) is 7.37. The van der Waals surface area contributed by atoms with Crippen LogP contribution in [0.2, 0.25) is 5.02 Å². The van der Waals surface area contributed by atoms with Crippen molar-refractivity contribution in [2.24, 2.45) is 7.05 Å². The first-order chi connectivity index (χ1) is 30.2. The average Bonchev–Trinajstić information content (AvgIpc) is 3.72. The number of benzene rings is 3. The lowest BCUT2D eigenvalue weighted by molar-refractivity contribution is -0.0592. The molecule has 1 aliphatic carbocycles. The number of nitrogens with one attached hydrogen (secondary N) is 1. The fourth-order valence-electron chi connectivity index (χ4n) is 9.93. The van der Waals surface area contributed by atoms with Gasteiger partial charge in [0.25, 0.3) is 5.91 Å². The van der Waals surface area contributed by atoms with Crippen LogP contribution in [0.3, 0.4) is 0 Å². The summed E-state index contributed by atoms with van der Waals surface area (Å²) in [5.74, 6) is -1.60. The zero-order valence-corrected chi connectivity index (χ0v) is 35.5. The van der Waals surface area contributed by atoms with Crippen LogP contribution in [0.25, 0.3) is 44.4 Å². The van der Waals surface area contributed by atoms with Gasteiger partial charge in [0.05, 0.1) is 51.7 Å². The van der Waals surface area contributed by atoms with E-state index in [9.17, 15) is 14.0 Å². The number of H-pyrrole nitrogens is 1. The van der Waals surface area contributed by atoms with Gasteiger partial charge in [-0.15, -0.1) is 0 Å². The number of halogens is 3. The van der Waals surface area contributed by atoms with E-state index < -0.39 is 34.7 Å². The van der Waals surface area contributed by atoms with Gasteiger partial charge in [-0.2, -0.15) is 10.2 Å². The van der Waals surface area contributed by atoms with Crippen LogP contribution in [0.15, 0.2) is 87.3 Å². The van der Waals surface area contributed by atoms with Crippen LogP contribution >= 0.6 is 11.6 Å². The van der Waals surface area contributed by atoms with Crippen LogP contribution < -0.4 is 11.4 Å². The molecule has 2 fully saturated rings. The van der Waals surface area contributed by atoms with E-state index in [1.54, 1.807) is 27.4 Å². The molecule has 3 aliphatic rings. The molecule has 0 bridgehead atoms. The van der Waals surface area contributed by atoms with E-state index in [4.69, 9.17) is 26.0 Å². The van der Waals surface area contributed by atoms with Crippen molar-refractivity contribution in [3.63, 3.8) is 0 Å². The van der Waals surface area contributed by atoms with Crippen molar-refractivity contribution in [3.05, 3.63) is 134 Å². The maximum absolute atomic E-state index is 16.1. The standard InChI is InChI=1S/C45H41ClF2N10O5/c1-24-38-39(56-15-14-55(43(56)61)34-10-9-33-29(36(34)48)23-49-53(33)4)37(26-5-7-31(47)30(46)20-26)51-57(38)17-16-54(24)40(59)35-21-28-19-25(27-11-18-62-44(2,3)22-27)6-8-32(28)58(35)45(12-13-45)41-50-42(60)63-52-41/h5-10,14-15,19-21,23-24,27H,11-13,16-18,22H2,1-4H3,(H,50,52,60)/t24-,27+/m0/s1. The van der Waals surface area contributed by atoms with Crippen molar-refractivity contribution in [2.75, 3.05) is 13.2 Å². The molecular weight excluding hydrogens is 834 g/mol. The molecule has 2 atom stereocenters. The molecule has 11 rings (SSSR count). The Morgan fingerprint density at radius 1 is 0.984 bits per heavy atom. The molecule has 2 aliphatic heterocycles. The molecule has 322 valence electrons. The Labute approximate surface area is 362 Å². The fraction of sp³-hybridized carbons (Fsp3) is 0.333. The molecule has 8 aromatic rings. The molecule has 63 heavy (non-hydrogen) atoms. The molecule has 5 aromatic heterocycles. The summed E-state index contributed by atoms with van der Waals surface area (Å²) in [7, 11) is 1.71. The van der Waals surface area contributed by atoms with Crippen LogP contribution in [0.1, 0.15) is 86.0 Å². The van der Waals surface area contributed by atoms with Gasteiger partial charge in [0.2, 0.25) is 0 Å². The van der Waals surface area contributed by atoms with E-state index in [2.05, 4.69) is 41.2 Å². The van der Waals surface area contributed by atoms with E-state index >= 15 is 9.18 Å². The van der Waals surface area contributed by atoms with Crippen LogP contribution in [-0.4, -0.2) is 73.0 Å². The maximum Gasteiger partial charge on any atom is 0.438 e. The minimum absolute atomic E-state index is 0.0236. The number of ether oxygens (including phenoxy) is 1. The fourth-order valence-corrected chi connectivity index (χ4v) is 10.1. The highest BCUT2D eigenvalue weighted by Crippen LogP contribution is 2.51. The lowest BCUT2D eigenvalue weighted by atomic mass is 9.83. The molecule has 1 N–H and O–H groups in total. The number of aromatic amines is 1. The summed E-state index contributed by atoms with van der Waals surface area (Å²) >= 11 is 6.31. The van der Waals surface area contributed by atoms with Gasteiger partial charge in [-0.1, -0.05) is 22.8 Å². The third-order valence-electron chi connectivity index (χ3n) is 13.2. The van der Waals surface area contributed by atoms with Gasteiger partial charge in [0.1, 0.15) is 28.4 Å². The van der Waals surface area contributed by atoms with E-state index in [0.29, 0.717) is 59.1 Å². The second kappa shape index (κ2) is 14.0. The van der Waals surface area contributed by atoms with Gasteiger partial charge < -0.3 is 14.2 Å². The van der Waals surface area contributed by atoms with Crippen LogP contribution in [0.4, 0.5) is 8.78 Å². The number of rotatable bonds is 7. The topological polar surface area (TPSA) is 156 Å². The van der Waals surface area contributed by atoms with Gasteiger partial charge in [-0.05, 0) is 106 Å². The SMILES string of the molecule is C[C@H]1c2c(-n3ccn(-c4ccc5c(cnn5C)c4F)c3=O)c(-c3ccc(F)c(Cl)c3)nn2CCN1C(=O)c1cc2cc([C@@H]3CCOC(C)(C)C3)ccc2n1C1(c2noc(=O)[nH]2)CC1. The predicted molar refractivity (Wildman–Crippen MR) is 229 cm³/mol. The summed E-state index contributed by atoms with van der Waals surface area (Å²) in [6, 6.07) is 15.0. The highest BCUT2D eigenvalue weighted by atomic mass is 35.5. The van der Waals surface area contributed by atoms with Crippen molar-refractivity contribution in [1.82, 2.24) is 48.3 Å². The van der Waals surface area contributed by atoms with Crippen LogP contribution in [0.5, 0.6) is 0 Å². The lowest BCUT2D eigenvalue weighted by Crippen LogP contribution is -2.43. The van der Waals surface area contributed by atoms with Crippen molar-refractivity contribution in [2.45, 2.75) is 76.1 Å². The second-order valence-electron chi connectivity index (χ2n) is 17.5. The molecular formula is C45H41ClF2N10O5. The Kier molecular flexibility index (Phi) is 8.70. The molecule has 0 spiro atoms. The van der Waals surface area contributed by atoms with E-state index in [1.807, 2.05) is 23.6 Å². The largest absolute Gasteiger partial charge is 0.438 e. The van der Waals surface area contributed by atoms with Gasteiger partial charge >= 0.3 is 11.4 Å². The maximum atomic E-state index is 16.1. The molecule has 1 amide bonds. The first kappa shape index (κ1) is 39.3. The molecule has 1 saturated heterocycles. The number of fused-ring (bicyclic) bond motifs is 3. The van der Waals surface area contributed by atoms with Gasteiger partial charge in [-0.3, -0.25) is 32.8 Å². The zero-order chi connectivity index (χ0) is 43.7. The quantitative estimate of drug-likeness (QED) is 0.174. The Morgan fingerprint density at radius 2 is 1.78 bits per heavy atom. The summed E-state index contributed by atoms with van der Waals surface area (Å²) < 4.78 is 49.5. The van der Waals surface area contributed by atoms with Crippen molar-refractivity contribution >= 4 is 39.3 Å². The minimum Gasteiger partial charge on any atom is -0.376 e. The van der Waals surface area contributed by atoms with Crippen molar-refractivity contribution < 1.29 is 22.8 Å². The van der Waals surface area contributed by atoms with Gasteiger partial charge in [0.15, 0.2) is 11.6 Å². The summed E-state index contributed by atoms with van der Waals surface area (Å²) in [4.78, 5) is 46.7. The number of nitrogens with zero attached hydrogens (tertiary/aromatic N) is 9. The molecule has 0 unspecified atom stereocenters. The number of imidazole rings is 1. The van der Waals surface area contributed by atoms with Crippen LogP contribution in [0, 0.1) is 11.6 Å². The highest BCUT2D eigenvalue weighted by molar-refractivity contribution is 6.31. The lowest BCUT2D eigenvalue weighted by Gasteiger charge is -2.35. The molecule has 15 nitrogen and oxygen atoms in total. The molecule has 3 aromatic carbocycles. The second-order valence-corrected chi connectivity index (χ2v) is 17.9. The normalized spacial score (nSPS) is 19.3. The average molecular weight is 875 g/mol. The first-order valence-corrected chi connectivity index (χ1v) is 21.3. The molecule has 18 heteroatoms. The Morgan fingerprint density at radius 3 is 2.52 bits per heavy atom. The van der Waals surface area contributed by atoms with Crippen LogP contribution in [-0.2, 0) is 23.9 Å². The number of carbonyl (C=O) groups excluding carboxylic acids is 1.